The summed E-state index contributed by atoms with van der Waals surface area (Å²) in [5.41, 5.74) is 4.98. The van der Waals surface area contributed by atoms with Gasteiger partial charge in [0.05, 0.1) is 35.2 Å². The number of thiocarbonyl (C=S) groups is 1. The van der Waals surface area contributed by atoms with Gasteiger partial charge in [-0.2, -0.15) is 0 Å². The van der Waals surface area contributed by atoms with E-state index in [9.17, 15) is 0 Å². The third-order valence-corrected chi connectivity index (χ3v) is 8.48. The lowest BCUT2D eigenvalue weighted by Gasteiger charge is -2.33. The van der Waals surface area contributed by atoms with E-state index in [1.807, 2.05) is 48.7 Å². The summed E-state index contributed by atoms with van der Waals surface area (Å²) in [7, 11) is 1.70. The Morgan fingerprint density at radius 2 is 1.77 bits per heavy atom. The zero-order chi connectivity index (χ0) is 26.9. The van der Waals surface area contributed by atoms with Crippen molar-refractivity contribution >= 4 is 40.3 Å². The van der Waals surface area contributed by atoms with Gasteiger partial charge < -0.3 is 24.4 Å². The topological polar surface area (TPSA) is 45.6 Å². The summed E-state index contributed by atoms with van der Waals surface area (Å²) in [5, 5.41) is 4.94. The second-order valence-electron chi connectivity index (χ2n) is 10.3. The van der Waals surface area contributed by atoms with Crippen molar-refractivity contribution in [2.45, 2.75) is 31.8 Å². The van der Waals surface area contributed by atoms with Gasteiger partial charge >= 0.3 is 0 Å². The lowest BCUT2D eigenvalue weighted by molar-refractivity contribution is 0.412. The normalized spacial score (nSPS) is 19.8. The second kappa shape index (κ2) is 10.9. The number of rotatable bonds is 6. The number of pyridine rings is 1. The van der Waals surface area contributed by atoms with Crippen LogP contribution in [0.2, 0.25) is 5.02 Å². The molecule has 0 unspecified atom stereocenters. The highest BCUT2D eigenvalue weighted by Gasteiger charge is 2.42. The van der Waals surface area contributed by atoms with Gasteiger partial charge in [0.1, 0.15) is 11.8 Å². The van der Waals surface area contributed by atoms with Crippen LogP contribution >= 0.6 is 23.8 Å². The van der Waals surface area contributed by atoms with Crippen molar-refractivity contribution in [1.82, 2.24) is 14.9 Å². The summed E-state index contributed by atoms with van der Waals surface area (Å²) in [6.07, 6.45) is 6.26. The van der Waals surface area contributed by atoms with Crippen molar-refractivity contribution in [2.75, 3.05) is 30.0 Å². The van der Waals surface area contributed by atoms with Crippen molar-refractivity contribution < 1.29 is 4.74 Å². The zero-order valence-corrected chi connectivity index (χ0v) is 23.7. The maximum absolute atomic E-state index is 6.95. The number of piperidine rings is 1. The first-order valence-electron chi connectivity index (χ1n) is 13.4. The number of ether oxygens (including phenoxy) is 1. The molecule has 2 aromatic heterocycles. The van der Waals surface area contributed by atoms with Gasteiger partial charge in [-0.3, -0.25) is 4.98 Å². The highest BCUT2D eigenvalue weighted by Crippen LogP contribution is 2.44. The maximum Gasteiger partial charge on any atom is 0.174 e. The van der Waals surface area contributed by atoms with E-state index in [2.05, 4.69) is 63.1 Å². The molecule has 0 spiro atoms. The Morgan fingerprint density at radius 3 is 2.51 bits per heavy atom. The first-order valence-corrected chi connectivity index (χ1v) is 14.2. The number of benzene rings is 2. The Morgan fingerprint density at radius 1 is 0.974 bits per heavy atom. The van der Waals surface area contributed by atoms with Gasteiger partial charge in [-0.05, 0) is 85.6 Å². The number of anilines is 2. The number of aromatic nitrogens is 2. The number of nitrogens with one attached hydrogen (secondary N) is 1. The minimum absolute atomic E-state index is 0.163. The molecule has 0 aliphatic carbocycles. The molecule has 39 heavy (non-hydrogen) atoms. The molecule has 200 valence electrons. The van der Waals surface area contributed by atoms with Crippen LogP contribution < -0.4 is 19.9 Å². The Balaban J connectivity index is 1.44. The van der Waals surface area contributed by atoms with Crippen molar-refractivity contribution in [3.05, 3.63) is 102 Å². The SMILES string of the molecule is COc1ccccc1-n1cccc1[C@@H]1[C@@H](c2ccccn2)NC(=S)N1c1ccc(N2CCC(C)CC2)c(Cl)c1. The average Bonchev–Trinajstić information content (AvgIpc) is 3.58. The maximum atomic E-state index is 6.95. The highest BCUT2D eigenvalue weighted by molar-refractivity contribution is 7.80. The molecule has 0 bridgehead atoms. The molecule has 4 aromatic rings. The molecule has 6 rings (SSSR count). The standard InChI is InChI=1S/C31H32ClN5OS/c1-21-14-18-35(19-15-21)25-13-12-22(20-23(25)32)37-30(29(34-31(37)39)24-8-5-6-16-33-24)27-10-7-17-36(27)26-9-3-4-11-28(26)38-2/h3-13,16-17,20-21,29-30H,14-15,18-19H2,1-2H3,(H,34,39)/t29-,30-/m1/s1. The predicted molar refractivity (Wildman–Crippen MR) is 162 cm³/mol. The van der Waals surface area contributed by atoms with Gasteiger partial charge in [-0.15, -0.1) is 0 Å². The fourth-order valence-electron chi connectivity index (χ4n) is 5.77. The monoisotopic (exact) mass is 557 g/mol. The summed E-state index contributed by atoms with van der Waals surface area (Å²) in [5.74, 6) is 1.56. The third kappa shape index (κ3) is 4.85. The molecule has 2 aromatic carbocycles. The Bertz CT molecular complexity index is 1470. The van der Waals surface area contributed by atoms with E-state index in [0.717, 1.165) is 58.2 Å². The molecule has 2 fully saturated rings. The summed E-state index contributed by atoms with van der Waals surface area (Å²) in [6.45, 7) is 4.38. The molecule has 2 aliphatic rings. The molecular formula is C31H32ClN5OS. The zero-order valence-electron chi connectivity index (χ0n) is 22.1. The van der Waals surface area contributed by atoms with E-state index in [4.69, 9.17) is 33.5 Å². The summed E-state index contributed by atoms with van der Waals surface area (Å²) < 4.78 is 7.89. The number of methoxy groups -OCH3 is 1. The molecule has 0 radical (unpaired) electrons. The molecule has 8 heteroatoms. The number of nitrogens with zero attached hydrogens (tertiary/aromatic N) is 4. The lowest BCUT2D eigenvalue weighted by atomic mass is 9.98. The molecule has 6 nitrogen and oxygen atoms in total. The van der Waals surface area contributed by atoms with Gasteiger partial charge in [-0.25, -0.2) is 0 Å². The first-order chi connectivity index (χ1) is 19.0. The van der Waals surface area contributed by atoms with Crippen molar-refractivity contribution in [2.24, 2.45) is 5.92 Å². The quantitative estimate of drug-likeness (QED) is 0.259. The summed E-state index contributed by atoms with van der Waals surface area (Å²) >= 11 is 12.9. The fraction of sp³-hybridized carbons (Fsp3) is 0.290. The first kappa shape index (κ1) is 25.7. The van der Waals surface area contributed by atoms with Crippen LogP contribution in [0, 0.1) is 5.92 Å². The van der Waals surface area contributed by atoms with Gasteiger partial charge in [0.15, 0.2) is 5.11 Å². The van der Waals surface area contributed by atoms with Crippen LogP contribution in [0.1, 0.15) is 43.2 Å². The number of hydrogen-bond donors (Lipinski definition) is 1. The van der Waals surface area contributed by atoms with Crippen molar-refractivity contribution in [3.63, 3.8) is 0 Å². The summed E-state index contributed by atoms with van der Waals surface area (Å²) in [6, 6.07) is 24.2. The number of halogens is 1. The van der Waals surface area contributed by atoms with Crippen LogP contribution in [0.3, 0.4) is 0 Å². The van der Waals surface area contributed by atoms with Crippen LogP contribution in [-0.4, -0.2) is 34.9 Å². The molecule has 1 N–H and O–H groups in total. The second-order valence-corrected chi connectivity index (χ2v) is 11.1. The summed E-state index contributed by atoms with van der Waals surface area (Å²) in [4.78, 5) is 9.27. The van der Waals surface area contributed by atoms with Gasteiger partial charge in [0, 0.05) is 36.9 Å². The molecule has 0 amide bonds. The van der Waals surface area contributed by atoms with Crippen molar-refractivity contribution in [3.8, 4) is 11.4 Å². The van der Waals surface area contributed by atoms with Crippen LogP contribution in [0.5, 0.6) is 5.75 Å². The van der Waals surface area contributed by atoms with E-state index < -0.39 is 0 Å². The third-order valence-electron chi connectivity index (χ3n) is 7.86. The van der Waals surface area contributed by atoms with Crippen LogP contribution in [0.25, 0.3) is 5.69 Å². The van der Waals surface area contributed by atoms with Crippen LogP contribution in [0.15, 0.2) is 85.2 Å². The van der Waals surface area contributed by atoms with Gasteiger partial charge in [-0.1, -0.05) is 36.7 Å². The lowest BCUT2D eigenvalue weighted by Crippen LogP contribution is -2.33. The van der Waals surface area contributed by atoms with E-state index in [1.165, 1.54) is 12.8 Å². The fourth-order valence-corrected chi connectivity index (χ4v) is 6.41. The van der Waals surface area contributed by atoms with Crippen LogP contribution in [0.4, 0.5) is 11.4 Å². The van der Waals surface area contributed by atoms with E-state index >= 15 is 0 Å². The highest BCUT2D eigenvalue weighted by atomic mass is 35.5. The van der Waals surface area contributed by atoms with Gasteiger partial charge in [0.2, 0.25) is 0 Å². The van der Waals surface area contributed by atoms with E-state index in [0.29, 0.717) is 5.11 Å². The molecule has 2 atom stereocenters. The van der Waals surface area contributed by atoms with E-state index in [1.54, 1.807) is 7.11 Å². The Hall–Kier alpha value is -3.55. The average molecular weight is 558 g/mol. The minimum Gasteiger partial charge on any atom is -0.495 e. The molecule has 0 saturated carbocycles. The molecule has 4 heterocycles. The largest absolute Gasteiger partial charge is 0.495 e. The minimum atomic E-state index is -0.176. The van der Waals surface area contributed by atoms with Gasteiger partial charge in [0.25, 0.3) is 0 Å². The van der Waals surface area contributed by atoms with Crippen LogP contribution in [-0.2, 0) is 0 Å². The molecular weight excluding hydrogens is 526 g/mol. The smallest absolute Gasteiger partial charge is 0.174 e. The number of para-hydroxylation sites is 2. The van der Waals surface area contributed by atoms with Crippen molar-refractivity contribution in [1.29, 1.82) is 0 Å². The Kier molecular flexibility index (Phi) is 7.19. The number of hydrogen-bond acceptors (Lipinski definition) is 4. The predicted octanol–water partition coefficient (Wildman–Crippen LogP) is 6.95. The molecule has 2 saturated heterocycles. The molecule has 2 aliphatic heterocycles. The Labute approximate surface area is 240 Å². The van der Waals surface area contributed by atoms with E-state index in [-0.39, 0.29) is 12.1 Å².